The van der Waals surface area contributed by atoms with E-state index in [0.29, 0.717) is 38.3 Å². The van der Waals surface area contributed by atoms with Gasteiger partial charge in [-0.2, -0.15) is 0 Å². The highest BCUT2D eigenvalue weighted by Crippen LogP contribution is 2.44. The van der Waals surface area contributed by atoms with Crippen LogP contribution in [0.1, 0.15) is 20.8 Å². The Morgan fingerprint density at radius 3 is 2.18 bits per heavy atom. The highest BCUT2D eigenvalue weighted by Gasteiger charge is 2.30. The van der Waals surface area contributed by atoms with Crippen LogP contribution in [0.3, 0.4) is 0 Å². The molecule has 0 aliphatic rings. The summed E-state index contributed by atoms with van der Waals surface area (Å²) in [6.07, 6.45) is 2.11. The number of nitrogens with zero attached hydrogens (tertiary/aromatic N) is 3. The van der Waals surface area contributed by atoms with Gasteiger partial charge in [-0.1, -0.05) is 60.1 Å². The Morgan fingerprint density at radius 1 is 0.921 bits per heavy atom. The molecule has 0 fully saturated rings. The lowest BCUT2D eigenvalue weighted by atomic mass is 10.00. The predicted octanol–water partition coefficient (Wildman–Crippen LogP) is 7.39. The van der Waals surface area contributed by atoms with Gasteiger partial charge in [0.1, 0.15) is 5.60 Å². The minimum absolute atomic E-state index is 0.209. The largest absolute Gasteiger partial charge is 0.443 e. The lowest BCUT2D eigenvalue weighted by molar-refractivity contribution is 0.0551. The van der Waals surface area contributed by atoms with Crippen LogP contribution in [0.5, 0.6) is 0 Å². The number of aromatic nitrogens is 2. The Hall–Kier alpha value is -3.88. The first-order valence-corrected chi connectivity index (χ1v) is 14.1. The highest BCUT2D eigenvalue weighted by molar-refractivity contribution is 7.92. The van der Waals surface area contributed by atoms with Gasteiger partial charge in [0.15, 0.2) is 5.82 Å². The van der Waals surface area contributed by atoms with Gasteiger partial charge in [0, 0.05) is 21.4 Å². The summed E-state index contributed by atoms with van der Waals surface area (Å²) in [7, 11) is -3.82. The van der Waals surface area contributed by atoms with Crippen molar-refractivity contribution in [1.82, 2.24) is 9.55 Å². The fourth-order valence-corrected chi connectivity index (χ4v) is 5.61. The molecular formula is C29H26ClN3O4S. The molecule has 38 heavy (non-hydrogen) atoms. The van der Waals surface area contributed by atoms with Crippen LogP contribution in [-0.2, 0) is 14.8 Å². The summed E-state index contributed by atoms with van der Waals surface area (Å²) in [5.74, 6) is 0.209. The number of benzene rings is 3. The molecule has 3 aromatic carbocycles. The number of carbonyl (C=O) groups excluding carboxylic acids is 1. The maximum Gasteiger partial charge on any atom is 0.419 e. The van der Waals surface area contributed by atoms with Gasteiger partial charge in [-0.3, -0.25) is 0 Å². The molecule has 0 N–H and O–H groups in total. The van der Waals surface area contributed by atoms with E-state index in [1.54, 1.807) is 57.2 Å². The van der Waals surface area contributed by atoms with Crippen LogP contribution in [0.2, 0.25) is 5.02 Å². The van der Waals surface area contributed by atoms with E-state index in [1.807, 2.05) is 42.5 Å². The summed E-state index contributed by atoms with van der Waals surface area (Å²) >= 11 is 6.20. The van der Waals surface area contributed by atoms with E-state index in [-0.39, 0.29) is 5.82 Å². The molecule has 194 valence electrons. The van der Waals surface area contributed by atoms with Crippen molar-refractivity contribution < 1.29 is 17.9 Å². The van der Waals surface area contributed by atoms with Crippen molar-refractivity contribution >= 4 is 61.0 Å². The minimum atomic E-state index is -3.82. The molecule has 5 aromatic rings. The molecule has 0 saturated carbocycles. The van der Waals surface area contributed by atoms with Crippen LogP contribution in [0.4, 0.5) is 16.3 Å². The molecule has 0 radical (unpaired) electrons. The Kier molecular flexibility index (Phi) is 6.41. The molecule has 0 atom stereocenters. The zero-order valence-electron chi connectivity index (χ0n) is 21.3. The van der Waals surface area contributed by atoms with Crippen LogP contribution in [0.15, 0.2) is 85.1 Å². The fourth-order valence-electron chi connectivity index (χ4n) is 4.53. The first kappa shape index (κ1) is 25.8. The summed E-state index contributed by atoms with van der Waals surface area (Å²) in [6.45, 7) is 5.41. The van der Waals surface area contributed by atoms with E-state index < -0.39 is 21.7 Å². The standard InChI is InChI=1S/C29H26ClN3O4S/c1-29(2,3)37-28(34)32-23-13-9-8-12-22(23)26-24(32)18-31-27(25(26)19-14-16-20(30)17-15-19)33(38(4,35)36)21-10-6-5-7-11-21/h5-18H,1-4H3. The Morgan fingerprint density at radius 2 is 1.55 bits per heavy atom. The van der Waals surface area contributed by atoms with Crippen molar-refractivity contribution in [3.05, 3.63) is 90.1 Å². The second-order valence-electron chi connectivity index (χ2n) is 9.92. The van der Waals surface area contributed by atoms with E-state index >= 15 is 0 Å². The van der Waals surface area contributed by atoms with Crippen molar-refractivity contribution in [2.75, 3.05) is 10.6 Å². The number of para-hydroxylation sites is 2. The molecule has 0 unspecified atom stereocenters. The Bertz CT molecular complexity index is 1770. The first-order valence-electron chi connectivity index (χ1n) is 11.9. The van der Waals surface area contributed by atoms with Gasteiger partial charge in [0.25, 0.3) is 0 Å². The van der Waals surface area contributed by atoms with E-state index in [9.17, 15) is 13.2 Å². The number of halogens is 1. The van der Waals surface area contributed by atoms with Crippen molar-refractivity contribution in [3.63, 3.8) is 0 Å². The molecule has 0 amide bonds. The Balaban J connectivity index is 1.94. The van der Waals surface area contributed by atoms with Crippen LogP contribution in [-0.4, -0.2) is 35.9 Å². The molecular weight excluding hydrogens is 522 g/mol. The molecule has 0 spiro atoms. The minimum Gasteiger partial charge on any atom is -0.443 e. The maximum atomic E-state index is 13.4. The van der Waals surface area contributed by atoms with Gasteiger partial charge in [0.2, 0.25) is 10.0 Å². The number of fused-ring (bicyclic) bond motifs is 3. The number of rotatable bonds is 4. The summed E-state index contributed by atoms with van der Waals surface area (Å²) in [4.78, 5) is 18.1. The normalized spacial score (nSPS) is 12.1. The topological polar surface area (TPSA) is 81.5 Å². The van der Waals surface area contributed by atoms with Crippen LogP contribution in [0, 0.1) is 0 Å². The number of hydrogen-bond acceptors (Lipinski definition) is 5. The molecule has 9 heteroatoms. The molecule has 0 bridgehead atoms. The number of sulfonamides is 1. The summed E-state index contributed by atoms with van der Waals surface area (Å²) in [6, 6.07) is 23.3. The van der Waals surface area contributed by atoms with Gasteiger partial charge in [0.05, 0.1) is 29.2 Å². The molecule has 2 heterocycles. The zero-order chi connectivity index (χ0) is 27.2. The van der Waals surface area contributed by atoms with Gasteiger partial charge < -0.3 is 4.74 Å². The van der Waals surface area contributed by atoms with Crippen molar-refractivity contribution in [1.29, 1.82) is 0 Å². The van der Waals surface area contributed by atoms with Gasteiger partial charge in [-0.25, -0.2) is 27.1 Å². The molecule has 0 aliphatic carbocycles. The summed E-state index contributed by atoms with van der Waals surface area (Å²) in [5, 5.41) is 1.96. The molecule has 0 saturated heterocycles. The third kappa shape index (κ3) is 4.73. The summed E-state index contributed by atoms with van der Waals surface area (Å²) < 4.78 is 34.9. The van der Waals surface area contributed by atoms with Crippen LogP contribution in [0.25, 0.3) is 32.9 Å². The quantitative estimate of drug-likeness (QED) is 0.234. The van der Waals surface area contributed by atoms with Crippen molar-refractivity contribution in [2.24, 2.45) is 0 Å². The number of pyridine rings is 1. The monoisotopic (exact) mass is 547 g/mol. The second kappa shape index (κ2) is 9.45. The van der Waals surface area contributed by atoms with Crippen molar-refractivity contribution in [3.8, 4) is 11.1 Å². The van der Waals surface area contributed by atoms with Gasteiger partial charge in [-0.15, -0.1) is 0 Å². The fraction of sp³-hybridized carbons (Fsp3) is 0.172. The first-order chi connectivity index (χ1) is 18.0. The lowest BCUT2D eigenvalue weighted by Gasteiger charge is -2.25. The number of anilines is 2. The second-order valence-corrected chi connectivity index (χ2v) is 12.2. The van der Waals surface area contributed by atoms with Crippen molar-refractivity contribution in [2.45, 2.75) is 26.4 Å². The smallest absolute Gasteiger partial charge is 0.419 e. The summed E-state index contributed by atoms with van der Waals surface area (Å²) in [5.41, 5.74) is 2.08. The number of hydrogen-bond donors (Lipinski definition) is 0. The van der Waals surface area contributed by atoms with Crippen LogP contribution >= 0.6 is 11.6 Å². The third-order valence-electron chi connectivity index (χ3n) is 5.92. The van der Waals surface area contributed by atoms with Gasteiger partial charge in [-0.05, 0) is 56.7 Å². The van der Waals surface area contributed by atoms with E-state index in [4.69, 9.17) is 16.3 Å². The maximum absolute atomic E-state index is 13.4. The molecule has 2 aromatic heterocycles. The SMILES string of the molecule is CC(C)(C)OC(=O)n1c2ccccc2c2c(-c3ccc(Cl)cc3)c(N(c3ccccc3)S(C)(=O)=O)ncc21. The van der Waals surface area contributed by atoms with E-state index in [1.165, 1.54) is 15.1 Å². The van der Waals surface area contributed by atoms with E-state index in [2.05, 4.69) is 4.98 Å². The predicted molar refractivity (Wildman–Crippen MR) is 153 cm³/mol. The number of ether oxygens (including phenoxy) is 1. The van der Waals surface area contributed by atoms with E-state index in [0.717, 1.165) is 11.6 Å². The average Bonchev–Trinajstić information content (AvgIpc) is 3.18. The molecule has 7 nitrogen and oxygen atoms in total. The van der Waals surface area contributed by atoms with Crippen LogP contribution < -0.4 is 4.31 Å². The average molecular weight is 548 g/mol. The lowest BCUT2D eigenvalue weighted by Crippen LogP contribution is -2.27. The zero-order valence-corrected chi connectivity index (χ0v) is 22.9. The highest BCUT2D eigenvalue weighted by atomic mass is 35.5. The van der Waals surface area contributed by atoms with Gasteiger partial charge >= 0.3 is 6.09 Å². The molecule has 5 rings (SSSR count). The Labute approximate surface area is 226 Å². The molecule has 0 aliphatic heterocycles. The third-order valence-corrected chi connectivity index (χ3v) is 7.22. The number of carbonyl (C=O) groups is 1.